The van der Waals surface area contributed by atoms with E-state index in [-0.39, 0.29) is 50.0 Å². The quantitative estimate of drug-likeness (QED) is 0.160. The smallest absolute Gasteiger partial charge is 0.254 e. The van der Waals surface area contributed by atoms with Crippen LogP contribution in [0.25, 0.3) is 10.1 Å². The zero-order valence-electron chi connectivity index (χ0n) is 47.1. The minimum atomic E-state index is -0.0887. The second kappa shape index (κ2) is 14.8. The summed E-state index contributed by atoms with van der Waals surface area (Å²) in [5, 5.41) is 2.88. The largest absolute Gasteiger partial charge is 0.311 e. The highest BCUT2D eigenvalue weighted by atomic mass is 32.1. The molecule has 0 amide bonds. The minimum absolute atomic E-state index is 0.0428. The van der Waals surface area contributed by atoms with Gasteiger partial charge in [0.15, 0.2) is 0 Å². The van der Waals surface area contributed by atoms with Crippen LogP contribution in [0.3, 0.4) is 0 Å². The zero-order valence-corrected chi connectivity index (χ0v) is 47.9. The lowest BCUT2D eigenvalue weighted by Gasteiger charge is -2.52. The van der Waals surface area contributed by atoms with Gasteiger partial charge in [-0.15, -0.1) is 11.3 Å². The van der Waals surface area contributed by atoms with Crippen LogP contribution in [0.2, 0.25) is 0 Å². The van der Waals surface area contributed by atoms with Gasteiger partial charge in [0, 0.05) is 27.5 Å². The molecular weight excluding hydrogens is 864 g/mol. The molecule has 1 aromatic heterocycles. The van der Waals surface area contributed by atoms with Crippen molar-refractivity contribution in [2.75, 3.05) is 9.80 Å². The minimum Gasteiger partial charge on any atom is -0.311 e. The van der Waals surface area contributed by atoms with Crippen LogP contribution >= 0.6 is 11.3 Å². The van der Waals surface area contributed by atoms with Gasteiger partial charge in [-0.3, -0.25) is 0 Å². The number of benzene rings is 4. The first kappa shape index (κ1) is 48.3. The Kier molecular flexibility index (Phi) is 10.2. The molecule has 0 saturated heterocycles. The standard InChI is InChI=1S/C66H85BN2S/c1-38-29-40(59(3,4)5)30-39(2)57(38)69-51-36-48-47(64(15,16)26-27-65(48,17)18)35-50(51)67-55-43-34-46-49(66(19,20)28-25-63(46,13)14)37-54(43)70-58(55)68(52-31-41(60(6,7)8)32-53(69)56(52)67)42-21-22-44-45(33-42)62(11,12)24-23-61(44,9)10/h21-22,29-37,44-45H,23-28H2,1-20H3. The predicted octanol–water partition coefficient (Wildman–Crippen LogP) is 17.1. The Balaban J connectivity index is 1.31. The van der Waals surface area contributed by atoms with Gasteiger partial charge in [0.2, 0.25) is 0 Å². The number of aryl methyl sites for hydroxylation is 2. The molecule has 0 bridgehead atoms. The summed E-state index contributed by atoms with van der Waals surface area (Å²) in [4.78, 5) is 5.59. The normalized spacial score (nSPS) is 24.0. The molecule has 368 valence electrons. The molecule has 0 spiro atoms. The Morgan fingerprint density at radius 3 is 1.53 bits per heavy atom. The Morgan fingerprint density at radius 1 is 0.514 bits per heavy atom. The number of thiophene rings is 1. The van der Waals surface area contributed by atoms with E-state index in [9.17, 15) is 0 Å². The Hall–Kier alpha value is -4.02. The SMILES string of the molecule is Cc1cc(C(C)(C)C)cc(C)c1N1c2cc3c(cc2B2c4c(cc(C(C)(C)C)cc41)N(C1=CC4C(C=C1)C(C)(C)CCC4(C)C)c1sc4cc5c(cc4c12)C(C)(C)CCC5(C)C)C(C)(C)CCC3(C)C. The number of hydrogen-bond donors (Lipinski definition) is 0. The lowest BCUT2D eigenvalue weighted by molar-refractivity contribution is 0.0327. The lowest BCUT2D eigenvalue weighted by atomic mass is 9.33. The fourth-order valence-corrected chi connectivity index (χ4v) is 15.9. The molecule has 1 fully saturated rings. The first-order valence-corrected chi connectivity index (χ1v) is 28.2. The zero-order chi connectivity index (χ0) is 50.6. The average molecular weight is 949 g/mol. The highest BCUT2D eigenvalue weighted by molar-refractivity contribution is 7.26. The van der Waals surface area contributed by atoms with Gasteiger partial charge in [-0.05, 0) is 210 Å². The van der Waals surface area contributed by atoms with Gasteiger partial charge in [0.05, 0.1) is 10.7 Å². The fourth-order valence-electron chi connectivity index (χ4n) is 14.6. The molecule has 2 atom stereocenters. The number of nitrogens with zero attached hydrogens (tertiary/aromatic N) is 2. The van der Waals surface area contributed by atoms with Crippen LogP contribution < -0.4 is 26.2 Å². The average Bonchev–Trinajstić information content (AvgIpc) is 3.62. The van der Waals surface area contributed by atoms with E-state index in [2.05, 4.69) is 226 Å². The van der Waals surface area contributed by atoms with Gasteiger partial charge < -0.3 is 9.80 Å². The molecule has 4 heteroatoms. The van der Waals surface area contributed by atoms with Crippen LogP contribution in [0.15, 0.2) is 72.5 Å². The van der Waals surface area contributed by atoms with E-state index >= 15 is 0 Å². The summed E-state index contributed by atoms with van der Waals surface area (Å²) in [6.07, 6.45) is 15.3. The maximum Gasteiger partial charge on any atom is 0.254 e. The van der Waals surface area contributed by atoms with E-state index in [0.29, 0.717) is 11.8 Å². The van der Waals surface area contributed by atoms with Gasteiger partial charge in [0.1, 0.15) is 0 Å². The molecule has 4 aromatic carbocycles. The van der Waals surface area contributed by atoms with E-state index in [1.54, 1.807) is 16.7 Å². The molecular formula is C66H85BN2S. The Morgan fingerprint density at radius 2 is 0.986 bits per heavy atom. The molecule has 5 aromatic rings. The van der Waals surface area contributed by atoms with Crippen molar-refractivity contribution in [3.8, 4) is 0 Å². The fraction of sp³-hybridized carbons (Fsp3) is 0.545. The highest BCUT2D eigenvalue weighted by Crippen LogP contribution is 2.58. The number of rotatable bonds is 2. The first-order chi connectivity index (χ1) is 32.2. The van der Waals surface area contributed by atoms with Crippen molar-refractivity contribution >= 4 is 72.3 Å². The molecule has 3 heterocycles. The van der Waals surface area contributed by atoms with Gasteiger partial charge in [-0.2, -0.15) is 0 Å². The van der Waals surface area contributed by atoms with Crippen LogP contribution in [0.5, 0.6) is 0 Å². The number of allylic oxidation sites excluding steroid dienone is 3. The van der Waals surface area contributed by atoms with Crippen molar-refractivity contribution in [1.82, 2.24) is 0 Å². The molecule has 0 N–H and O–H groups in total. The third-order valence-electron chi connectivity index (χ3n) is 19.8. The van der Waals surface area contributed by atoms with Crippen LogP contribution in [0, 0.1) is 36.5 Å². The topological polar surface area (TPSA) is 6.48 Å². The third-order valence-corrected chi connectivity index (χ3v) is 20.9. The summed E-state index contributed by atoms with van der Waals surface area (Å²) in [5.41, 5.74) is 23.7. The molecule has 2 nitrogen and oxygen atoms in total. The molecule has 4 aliphatic carbocycles. The van der Waals surface area contributed by atoms with Gasteiger partial charge in [-0.25, -0.2) is 0 Å². The molecule has 70 heavy (non-hydrogen) atoms. The second-order valence-corrected chi connectivity index (χ2v) is 30.7. The maximum absolute atomic E-state index is 2.81. The van der Waals surface area contributed by atoms with E-state index in [4.69, 9.17) is 0 Å². The van der Waals surface area contributed by atoms with Crippen molar-refractivity contribution in [3.05, 3.63) is 117 Å². The van der Waals surface area contributed by atoms with Crippen molar-refractivity contribution in [2.45, 2.75) is 209 Å². The van der Waals surface area contributed by atoms with E-state index in [1.165, 1.54) is 126 Å². The molecule has 1 saturated carbocycles. The number of hydrogen-bond acceptors (Lipinski definition) is 3. The first-order valence-electron chi connectivity index (χ1n) is 27.3. The van der Waals surface area contributed by atoms with Crippen LogP contribution in [-0.4, -0.2) is 6.71 Å². The van der Waals surface area contributed by atoms with Crippen molar-refractivity contribution < 1.29 is 0 Å². The summed E-state index contributed by atoms with van der Waals surface area (Å²) >= 11 is 2.08. The van der Waals surface area contributed by atoms with Crippen molar-refractivity contribution in [2.24, 2.45) is 22.7 Å². The summed E-state index contributed by atoms with van der Waals surface area (Å²) in [6, 6.07) is 21.1. The molecule has 2 aliphatic heterocycles. The summed E-state index contributed by atoms with van der Waals surface area (Å²) in [6.45, 7) is 49.5. The van der Waals surface area contributed by atoms with Gasteiger partial charge in [-0.1, -0.05) is 155 Å². The predicted molar refractivity (Wildman–Crippen MR) is 308 cm³/mol. The molecule has 11 rings (SSSR count). The monoisotopic (exact) mass is 949 g/mol. The third kappa shape index (κ3) is 7.03. The van der Waals surface area contributed by atoms with Crippen LogP contribution in [0.4, 0.5) is 27.8 Å². The Bertz CT molecular complexity index is 3100. The molecule has 2 unspecified atom stereocenters. The van der Waals surface area contributed by atoms with E-state index in [1.807, 2.05) is 0 Å². The summed E-state index contributed by atoms with van der Waals surface area (Å²) < 4.78 is 1.44. The number of anilines is 5. The van der Waals surface area contributed by atoms with Crippen LogP contribution in [-0.2, 0) is 32.5 Å². The van der Waals surface area contributed by atoms with Crippen molar-refractivity contribution in [3.63, 3.8) is 0 Å². The van der Waals surface area contributed by atoms with E-state index < -0.39 is 0 Å². The second-order valence-electron chi connectivity index (χ2n) is 29.7. The Labute approximate surface area is 428 Å². The maximum atomic E-state index is 2.81. The van der Waals surface area contributed by atoms with E-state index in [0.717, 1.165) is 0 Å². The summed E-state index contributed by atoms with van der Waals surface area (Å²) in [5.74, 6) is 0.955. The number of fused-ring (bicyclic) bond motifs is 9. The molecule has 6 aliphatic rings. The lowest BCUT2D eigenvalue weighted by Crippen LogP contribution is -2.62. The highest BCUT2D eigenvalue weighted by Gasteiger charge is 2.52. The van der Waals surface area contributed by atoms with Gasteiger partial charge in [0.25, 0.3) is 6.71 Å². The molecule has 0 radical (unpaired) electrons. The van der Waals surface area contributed by atoms with Gasteiger partial charge >= 0.3 is 0 Å². The summed E-state index contributed by atoms with van der Waals surface area (Å²) in [7, 11) is 0. The van der Waals surface area contributed by atoms with Crippen molar-refractivity contribution in [1.29, 1.82) is 0 Å². The van der Waals surface area contributed by atoms with Crippen LogP contribution in [0.1, 0.15) is 208 Å².